The Balaban J connectivity index is 2.11. The highest BCUT2D eigenvalue weighted by molar-refractivity contribution is 9.10. The number of phenolic OH excluding ortho intramolecular Hbond substituents is 1. The highest BCUT2D eigenvalue weighted by Gasteiger charge is 2.15. The summed E-state index contributed by atoms with van der Waals surface area (Å²) in [6.45, 7) is 4.34. The monoisotopic (exact) mass is 336 g/mol. The first kappa shape index (κ1) is 14.7. The SMILES string of the molecule is CC(C)n1cc(Br)cc1C(=O)NCc1ccccc1O. The lowest BCUT2D eigenvalue weighted by molar-refractivity contribution is 0.0940. The molecule has 20 heavy (non-hydrogen) atoms. The minimum absolute atomic E-state index is 0.160. The van der Waals surface area contributed by atoms with E-state index in [1.54, 1.807) is 24.3 Å². The lowest BCUT2D eigenvalue weighted by atomic mass is 10.2. The van der Waals surface area contributed by atoms with Crippen molar-refractivity contribution in [2.24, 2.45) is 0 Å². The third kappa shape index (κ3) is 3.22. The van der Waals surface area contributed by atoms with Gasteiger partial charge in [0.1, 0.15) is 11.4 Å². The molecule has 0 aliphatic carbocycles. The van der Waals surface area contributed by atoms with Gasteiger partial charge in [-0.2, -0.15) is 0 Å². The van der Waals surface area contributed by atoms with Crippen LogP contribution in [0.3, 0.4) is 0 Å². The summed E-state index contributed by atoms with van der Waals surface area (Å²) in [6, 6.07) is 8.96. The molecule has 2 rings (SSSR count). The van der Waals surface area contributed by atoms with Crippen LogP contribution in [0.15, 0.2) is 41.0 Å². The van der Waals surface area contributed by atoms with E-state index in [0.29, 0.717) is 17.8 Å². The van der Waals surface area contributed by atoms with Gasteiger partial charge in [0.2, 0.25) is 0 Å². The molecule has 2 N–H and O–H groups in total. The Morgan fingerprint density at radius 3 is 2.75 bits per heavy atom. The van der Waals surface area contributed by atoms with Gasteiger partial charge in [-0.1, -0.05) is 18.2 Å². The number of carbonyl (C=O) groups is 1. The number of hydrogen-bond acceptors (Lipinski definition) is 2. The van der Waals surface area contributed by atoms with Crippen LogP contribution in [-0.4, -0.2) is 15.6 Å². The Labute approximate surface area is 126 Å². The van der Waals surface area contributed by atoms with Crippen LogP contribution in [0.5, 0.6) is 5.75 Å². The summed E-state index contributed by atoms with van der Waals surface area (Å²) in [4.78, 5) is 12.2. The van der Waals surface area contributed by atoms with E-state index in [4.69, 9.17) is 0 Å². The Morgan fingerprint density at radius 1 is 1.40 bits per heavy atom. The molecule has 0 radical (unpaired) electrons. The van der Waals surface area contributed by atoms with Gasteiger partial charge < -0.3 is 15.0 Å². The summed E-state index contributed by atoms with van der Waals surface area (Å²) in [5.74, 6) is 0.0286. The number of rotatable bonds is 4. The summed E-state index contributed by atoms with van der Waals surface area (Å²) in [5.41, 5.74) is 1.30. The van der Waals surface area contributed by atoms with E-state index in [2.05, 4.69) is 21.2 Å². The summed E-state index contributed by atoms with van der Waals surface area (Å²) in [5, 5.41) is 12.5. The van der Waals surface area contributed by atoms with E-state index in [1.807, 2.05) is 30.7 Å². The van der Waals surface area contributed by atoms with Crippen LogP contribution in [0.25, 0.3) is 0 Å². The van der Waals surface area contributed by atoms with Gasteiger partial charge in [-0.15, -0.1) is 0 Å². The third-order valence-electron chi connectivity index (χ3n) is 3.04. The Kier molecular flexibility index (Phi) is 4.49. The van der Waals surface area contributed by atoms with Crippen LogP contribution in [0.2, 0.25) is 0 Å². The molecule has 1 heterocycles. The van der Waals surface area contributed by atoms with Crippen molar-refractivity contribution in [1.29, 1.82) is 0 Å². The van der Waals surface area contributed by atoms with Gasteiger partial charge in [0.25, 0.3) is 5.91 Å². The van der Waals surface area contributed by atoms with Crippen LogP contribution >= 0.6 is 15.9 Å². The van der Waals surface area contributed by atoms with Crippen molar-refractivity contribution in [2.75, 3.05) is 0 Å². The molecule has 0 aliphatic rings. The molecule has 5 heteroatoms. The molecule has 4 nitrogen and oxygen atoms in total. The zero-order chi connectivity index (χ0) is 14.7. The number of halogens is 1. The highest BCUT2D eigenvalue weighted by Crippen LogP contribution is 2.20. The zero-order valence-electron chi connectivity index (χ0n) is 11.4. The number of aromatic hydroxyl groups is 1. The van der Waals surface area contributed by atoms with E-state index < -0.39 is 0 Å². The molecular weight excluding hydrogens is 320 g/mol. The summed E-state index contributed by atoms with van der Waals surface area (Å²) in [7, 11) is 0. The van der Waals surface area contributed by atoms with Crippen molar-refractivity contribution in [1.82, 2.24) is 9.88 Å². The molecule has 2 aromatic rings. The van der Waals surface area contributed by atoms with Gasteiger partial charge in [-0.05, 0) is 41.9 Å². The van der Waals surface area contributed by atoms with Crippen molar-refractivity contribution in [3.05, 3.63) is 52.3 Å². The molecule has 106 valence electrons. The Morgan fingerprint density at radius 2 is 2.10 bits per heavy atom. The summed E-state index contributed by atoms with van der Waals surface area (Å²) < 4.78 is 2.78. The van der Waals surface area contributed by atoms with E-state index in [0.717, 1.165) is 4.47 Å². The molecule has 1 amide bonds. The molecule has 0 fully saturated rings. The molecule has 0 saturated carbocycles. The minimum atomic E-state index is -0.160. The predicted octanol–water partition coefficient (Wildman–Crippen LogP) is 3.47. The van der Waals surface area contributed by atoms with Crippen molar-refractivity contribution >= 4 is 21.8 Å². The van der Waals surface area contributed by atoms with Crippen LogP contribution in [0, 0.1) is 0 Å². The highest BCUT2D eigenvalue weighted by atomic mass is 79.9. The number of nitrogens with zero attached hydrogens (tertiary/aromatic N) is 1. The van der Waals surface area contributed by atoms with Gasteiger partial charge in [-0.3, -0.25) is 4.79 Å². The molecule has 1 aromatic heterocycles. The van der Waals surface area contributed by atoms with Gasteiger partial charge in [-0.25, -0.2) is 0 Å². The normalized spacial score (nSPS) is 10.8. The summed E-state index contributed by atoms with van der Waals surface area (Å²) >= 11 is 3.39. The summed E-state index contributed by atoms with van der Waals surface area (Å²) in [6.07, 6.45) is 1.89. The second-order valence-corrected chi connectivity index (χ2v) is 5.77. The maximum atomic E-state index is 12.2. The van der Waals surface area contributed by atoms with Crippen LogP contribution in [0.1, 0.15) is 35.9 Å². The van der Waals surface area contributed by atoms with Gasteiger partial charge in [0.05, 0.1) is 0 Å². The number of phenols is 1. The third-order valence-corrected chi connectivity index (χ3v) is 3.47. The number of nitrogens with one attached hydrogen (secondary N) is 1. The molecular formula is C15H17BrN2O2. The maximum absolute atomic E-state index is 12.2. The van der Waals surface area contributed by atoms with Crippen molar-refractivity contribution in [3.8, 4) is 5.75 Å². The lowest BCUT2D eigenvalue weighted by Crippen LogP contribution is -2.25. The number of carbonyl (C=O) groups excluding carboxylic acids is 1. The van der Waals surface area contributed by atoms with Crippen molar-refractivity contribution in [3.63, 3.8) is 0 Å². The molecule has 1 aromatic carbocycles. The molecule has 0 bridgehead atoms. The molecule has 0 atom stereocenters. The van der Waals surface area contributed by atoms with Gasteiger partial charge >= 0.3 is 0 Å². The van der Waals surface area contributed by atoms with E-state index >= 15 is 0 Å². The first-order valence-corrected chi connectivity index (χ1v) is 7.20. The largest absolute Gasteiger partial charge is 0.508 e. The second kappa shape index (κ2) is 6.13. The Hall–Kier alpha value is -1.75. The van der Waals surface area contributed by atoms with E-state index in [-0.39, 0.29) is 17.7 Å². The molecule has 0 spiro atoms. The number of amides is 1. The average Bonchev–Trinajstić information content (AvgIpc) is 2.80. The number of hydrogen-bond donors (Lipinski definition) is 2. The molecule has 0 aliphatic heterocycles. The maximum Gasteiger partial charge on any atom is 0.268 e. The van der Waals surface area contributed by atoms with Crippen molar-refractivity contribution in [2.45, 2.75) is 26.4 Å². The first-order chi connectivity index (χ1) is 9.49. The minimum Gasteiger partial charge on any atom is -0.508 e. The number of aromatic nitrogens is 1. The Bertz CT molecular complexity index is 620. The number of para-hydroxylation sites is 1. The number of benzene rings is 1. The fourth-order valence-corrected chi connectivity index (χ4v) is 2.42. The fraction of sp³-hybridized carbons (Fsp3) is 0.267. The predicted molar refractivity (Wildman–Crippen MR) is 81.8 cm³/mol. The first-order valence-electron chi connectivity index (χ1n) is 6.41. The topological polar surface area (TPSA) is 54.3 Å². The van der Waals surface area contributed by atoms with Gasteiger partial charge in [0, 0.05) is 28.8 Å². The smallest absolute Gasteiger partial charge is 0.268 e. The average molecular weight is 337 g/mol. The van der Waals surface area contributed by atoms with E-state index in [9.17, 15) is 9.90 Å². The standard InChI is InChI=1S/C15H17BrN2O2/c1-10(2)18-9-12(16)7-13(18)15(20)17-8-11-5-3-4-6-14(11)19/h3-7,9-10,19H,8H2,1-2H3,(H,17,20). The lowest BCUT2D eigenvalue weighted by Gasteiger charge is -2.13. The zero-order valence-corrected chi connectivity index (χ0v) is 13.0. The van der Waals surface area contributed by atoms with Crippen LogP contribution < -0.4 is 5.32 Å². The molecule has 0 saturated heterocycles. The van der Waals surface area contributed by atoms with Crippen LogP contribution in [0.4, 0.5) is 0 Å². The van der Waals surface area contributed by atoms with Crippen LogP contribution in [-0.2, 0) is 6.54 Å². The molecule has 0 unspecified atom stereocenters. The fourth-order valence-electron chi connectivity index (χ4n) is 1.98. The van der Waals surface area contributed by atoms with E-state index in [1.165, 1.54) is 0 Å². The quantitative estimate of drug-likeness (QED) is 0.898. The second-order valence-electron chi connectivity index (χ2n) is 4.86. The van der Waals surface area contributed by atoms with Gasteiger partial charge in [0.15, 0.2) is 0 Å². The van der Waals surface area contributed by atoms with Crippen molar-refractivity contribution < 1.29 is 9.90 Å².